The Kier molecular flexibility index (Phi) is 11.8. The number of hydrogen-bond acceptors (Lipinski definition) is 7. The molecule has 4 heterocycles. The van der Waals surface area contributed by atoms with Crippen LogP contribution in [0.2, 0.25) is 0 Å². The maximum atomic E-state index is 13.5. The number of aromatic nitrogens is 2. The van der Waals surface area contributed by atoms with Gasteiger partial charge in [-0.15, -0.1) is 0 Å². The summed E-state index contributed by atoms with van der Waals surface area (Å²) in [5.41, 5.74) is 3.08. The average Bonchev–Trinajstić information content (AvgIpc) is 3.09. The molecule has 2 aliphatic heterocycles. The minimum atomic E-state index is -0.600. The second kappa shape index (κ2) is 16.6. The maximum Gasteiger partial charge on any atom is 0.214 e. The van der Waals surface area contributed by atoms with Crippen LogP contribution >= 0.6 is 0 Å². The number of rotatable bonds is 13. The smallest absolute Gasteiger partial charge is 0.214 e. The number of Topliss-reactive ketones (excluding diaryl/α,β-unsaturated/α-hetero) is 1. The van der Waals surface area contributed by atoms with Gasteiger partial charge in [0.25, 0.3) is 0 Å². The third kappa shape index (κ3) is 10.0. The van der Waals surface area contributed by atoms with Crippen LogP contribution in [0.5, 0.6) is 5.88 Å². The monoisotopic (exact) mass is 645 g/mol. The van der Waals surface area contributed by atoms with Crippen molar-refractivity contribution < 1.29 is 18.3 Å². The first-order valence-corrected chi connectivity index (χ1v) is 17.7. The number of nitrogens with one attached hydrogen (secondary N) is 1. The van der Waals surface area contributed by atoms with E-state index in [1.54, 1.807) is 0 Å². The molecular formula is C38H49F2N5O2. The topological polar surface area (TPSA) is 70.6 Å². The van der Waals surface area contributed by atoms with Gasteiger partial charge in [0.05, 0.1) is 17.9 Å². The zero-order valence-corrected chi connectivity index (χ0v) is 27.5. The Morgan fingerprint density at radius 3 is 2.40 bits per heavy atom. The Morgan fingerprint density at radius 1 is 0.809 bits per heavy atom. The lowest BCUT2D eigenvalue weighted by Gasteiger charge is -2.40. The molecule has 1 aromatic carbocycles. The summed E-state index contributed by atoms with van der Waals surface area (Å²) in [5.74, 6) is 1.07. The van der Waals surface area contributed by atoms with Crippen LogP contribution in [0.1, 0.15) is 74.9 Å². The van der Waals surface area contributed by atoms with Crippen molar-refractivity contribution >= 4 is 11.5 Å². The SMILES string of the molecule is O=C(Cc1cccc(OCN2CCCCC2)n1)C1CCCC(C2CCCN(CCc3cccc(CNc4cc(F)cc(F)c4)n3)C2)C1. The van der Waals surface area contributed by atoms with Gasteiger partial charge in [0, 0.05) is 68.5 Å². The maximum absolute atomic E-state index is 13.5. The first-order valence-electron chi connectivity index (χ1n) is 17.7. The molecule has 47 heavy (non-hydrogen) atoms. The third-order valence-corrected chi connectivity index (χ3v) is 10.2. The molecule has 0 radical (unpaired) electrons. The van der Waals surface area contributed by atoms with E-state index in [0.717, 1.165) is 81.6 Å². The zero-order valence-electron chi connectivity index (χ0n) is 27.5. The number of nitrogens with zero attached hydrogens (tertiary/aromatic N) is 4. The predicted molar refractivity (Wildman–Crippen MR) is 180 cm³/mol. The molecule has 252 valence electrons. The van der Waals surface area contributed by atoms with E-state index in [1.807, 2.05) is 30.3 Å². The molecule has 2 aromatic heterocycles. The lowest BCUT2D eigenvalue weighted by molar-refractivity contribution is -0.124. The quantitative estimate of drug-likeness (QED) is 0.213. The average molecular weight is 646 g/mol. The molecule has 0 amide bonds. The standard InChI is InChI=1S/C38H49F2N5O2/c39-31-21-32(40)23-36(22-31)41-25-35-13-5-11-33(42-35)15-19-44-18-7-10-30(26-44)28-8-4-9-29(20-28)37(46)24-34-12-6-14-38(43-34)47-27-45-16-2-1-3-17-45/h5-6,11-14,21-23,28-30,41H,1-4,7-10,15-20,24-27H2. The molecule has 3 aliphatic rings. The van der Waals surface area contributed by atoms with Gasteiger partial charge in [-0.25, -0.2) is 13.8 Å². The molecular weight excluding hydrogens is 596 g/mol. The van der Waals surface area contributed by atoms with Crippen molar-refractivity contribution in [2.24, 2.45) is 17.8 Å². The minimum Gasteiger partial charge on any atom is -0.461 e. The molecule has 3 aromatic rings. The van der Waals surface area contributed by atoms with Crippen LogP contribution in [0.4, 0.5) is 14.5 Å². The predicted octanol–water partition coefficient (Wildman–Crippen LogP) is 7.06. The Balaban J connectivity index is 0.956. The fourth-order valence-electron chi connectivity index (χ4n) is 7.72. The molecule has 0 spiro atoms. The fourth-order valence-corrected chi connectivity index (χ4v) is 7.72. The summed E-state index contributed by atoms with van der Waals surface area (Å²) < 4.78 is 33.0. The number of anilines is 1. The first-order chi connectivity index (χ1) is 23.0. The molecule has 3 unspecified atom stereocenters. The summed E-state index contributed by atoms with van der Waals surface area (Å²) in [7, 11) is 0. The van der Waals surface area contributed by atoms with E-state index in [9.17, 15) is 13.6 Å². The summed E-state index contributed by atoms with van der Waals surface area (Å²) in [5, 5.41) is 3.07. The number of pyridine rings is 2. The van der Waals surface area contributed by atoms with E-state index in [2.05, 4.69) is 26.2 Å². The van der Waals surface area contributed by atoms with Crippen LogP contribution in [-0.4, -0.2) is 65.0 Å². The van der Waals surface area contributed by atoms with Gasteiger partial charge >= 0.3 is 0 Å². The van der Waals surface area contributed by atoms with Crippen LogP contribution in [0.15, 0.2) is 54.6 Å². The molecule has 1 aliphatic carbocycles. The fraction of sp³-hybridized carbons (Fsp3) is 0.553. The van der Waals surface area contributed by atoms with Crippen LogP contribution < -0.4 is 10.1 Å². The largest absolute Gasteiger partial charge is 0.461 e. The van der Waals surface area contributed by atoms with Crippen molar-refractivity contribution in [3.8, 4) is 5.88 Å². The molecule has 3 atom stereocenters. The van der Waals surface area contributed by atoms with Gasteiger partial charge in [-0.3, -0.25) is 14.7 Å². The Labute approximate surface area is 278 Å². The molecule has 7 nitrogen and oxygen atoms in total. The Morgan fingerprint density at radius 2 is 1.55 bits per heavy atom. The number of ketones is 1. The van der Waals surface area contributed by atoms with E-state index < -0.39 is 11.6 Å². The van der Waals surface area contributed by atoms with Crippen molar-refractivity contribution in [1.82, 2.24) is 19.8 Å². The number of piperidine rings is 2. The molecule has 0 bridgehead atoms. The first kappa shape index (κ1) is 33.5. The number of carbonyl (C=O) groups excluding carboxylic acids is 1. The van der Waals surface area contributed by atoms with Crippen molar-refractivity contribution in [3.05, 3.63) is 83.3 Å². The normalized spacial score (nSPS) is 22.6. The van der Waals surface area contributed by atoms with E-state index >= 15 is 0 Å². The number of halogens is 2. The van der Waals surface area contributed by atoms with Gasteiger partial charge in [0.15, 0.2) is 0 Å². The lowest BCUT2D eigenvalue weighted by atomic mass is 9.71. The van der Waals surface area contributed by atoms with E-state index in [0.29, 0.717) is 48.9 Å². The third-order valence-electron chi connectivity index (χ3n) is 10.2. The molecule has 2 saturated heterocycles. The number of likely N-dealkylation sites (tertiary alicyclic amines) is 2. The van der Waals surface area contributed by atoms with Gasteiger partial charge in [0.1, 0.15) is 24.1 Å². The van der Waals surface area contributed by atoms with Crippen molar-refractivity contribution in [2.75, 3.05) is 44.8 Å². The van der Waals surface area contributed by atoms with Gasteiger partial charge in [-0.2, -0.15) is 0 Å². The second-order valence-electron chi connectivity index (χ2n) is 13.8. The number of hydrogen-bond donors (Lipinski definition) is 1. The summed E-state index contributed by atoms with van der Waals surface area (Å²) in [6.07, 6.45) is 11.7. The molecule has 9 heteroatoms. The second-order valence-corrected chi connectivity index (χ2v) is 13.8. The number of carbonyl (C=O) groups is 1. The Hall–Kier alpha value is -3.43. The van der Waals surface area contributed by atoms with Gasteiger partial charge in [0.2, 0.25) is 5.88 Å². The van der Waals surface area contributed by atoms with Crippen molar-refractivity contribution in [3.63, 3.8) is 0 Å². The van der Waals surface area contributed by atoms with E-state index in [1.165, 1.54) is 50.7 Å². The van der Waals surface area contributed by atoms with Gasteiger partial charge in [-0.05, 0) is 87.2 Å². The van der Waals surface area contributed by atoms with Crippen molar-refractivity contribution in [1.29, 1.82) is 0 Å². The highest BCUT2D eigenvalue weighted by atomic mass is 19.1. The summed E-state index contributed by atoms with van der Waals surface area (Å²) in [6.45, 7) is 6.25. The van der Waals surface area contributed by atoms with Gasteiger partial charge < -0.3 is 15.0 Å². The number of benzene rings is 1. The Bertz CT molecular complexity index is 1450. The van der Waals surface area contributed by atoms with Crippen LogP contribution in [-0.2, 0) is 24.2 Å². The number of ether oxygens (including phenoxy) is 1. The summed E-state index contributed by atoms with van der Waals surface area (Å²) in [4.78, 5) is 27.9. The molecule has 1 saturated carbocycles. The molecule has 1 N–H and O–H groups in total. The summed E-state index contributed by atoms with van der Waals surface area (Å²) in [6, 6.07) is 15.2. The minimum absolute atomic E-state index is 0.119. The van der Waals surface area contributed by atoms with Crippen LogP contribution in [0.3, 0.4) is 0 Å². The van der Waals surface area contributed by atoms with Crippen molar-refractivity contribution in [2.45, 2.75) is 77.2 Å². The van der Waals surface area contributed by atoms with E-state index in [-0.39, 0.29) is 5.92 Å². The summed E-state index contributed by atoms with van der Waals surface area (Å²) >= 11 is 0. The van der Waals surface area contributed by atoms with Crippen LogP contribution in [0, 0.1) is 29.4 Å². The highest BCUT2D eigenvalue weighted by Crippen LogP contribution is 2.38. The van der Waals surface area contributed by atoms with E-state index in [4.69, 9.17) is 9.72 Å². The lowest BCUT2D eigenvalue weighted by Crippen LogP contribution is -2.41. The molecule has 6 rings (SSSR count). The van der Waals surface area contributed by atoms with Gasteiger partial charge in [-0.1, -0.05) is 31.4 Å². The highest BCUT2D eigenvalue weighted by Gasteiger charge is 2.34. The van der Waals surface area contributed by atoms with Crippen LogP contribution in [0.25, 0.3) is 0 Å². The molecule has 3 fully saturated rings. The zero-order chi connectivity index (χ0) is 32.4. The highest BCUT2D eigenvalue weighted by molar-refractivity contribution is 5.83.